The lowest BCUT2D eigenvalue weighted by molar-refractivity contribution is -0.127. The normalized spacial score (nSPS) is 13.8. The third-order valence-electron chi connectivity index (χ3n) is 7.73. The summed E-state index contributed by atoms with van der Waals surface area (Å²) in [5, 5.41) is 11.5. The fraction of sp³-hybridized carbons (Fsp3) is 0.235. The van der Waals surface area contributed by atoms with Gasteiger partial charge in [0.05, 0.1) is 25.8 Å². The van der Waals surface area contributed by atoms with E-state index in [4.69, 9.17) is 9.47 Å². The summed E-state index contributed by atoms with van der Waals surface area (Å²) in [4.78, 5) is 32.3. The fourth-order valence-electron chi connectivity index (χ4n) is 5.41. The molecule has 1 aliphatic rings. The molecule has 0 unspecified atom stereocenters. The first-order chi connectivity index (χ1) is 21.6. The van der Waals surface area contributed by atoms with Crippen molar-refractivity contribution in [3.8, 4) is 5.75 Å². The Morgan fingerprint density at radius 1 is 0.909 bits per heavy atom. The third kappa shape index (κ3) is 6.40. The van der Waals surface area contributed by atoms with Gasteiger partial charge in [-0.1, -0.05) is 59.8 Å². The Morgan fingerprint density at radius 2 is 1.61 bits per heavy atom. The van der Waals surface area contributed by atoms with Crippen LogP contribution >= 0.6 is 0 Å². The van der Waals surface area contributed by atoms with E-state index in [1.807, 2.05) is 78.9 Å². The zero-order valence-electron chi connectivity index (χ0n) is 24.5. The maximum absolute atomic E-state index is 14.3. The Hall–Kier alpha value is -5.22. The van der Waals surface area contributed by atoms with Gasteiger partial charge in [-0.2, -0.15) is 0 Å². The number of methoxy groups -OCH3 is 1. The Morgan fingerprint density at radius 3 is 2.34 bits per heavy atom. The smallest absolute Gasteiger partial charge is 0.249 e. The van der Waals surface area contributed by atoms with Gasteiger partial charge < -0.3 is 19.7 Å². The van der Waals surface area contributed by atoms with E-state index < -0.39 is 6.04 Å². The topological polar surface area (TPSA) is 102 Å². The van der Waals surface area contributed by atoms with Crippen molar-refractivity contribution >= 4 is 34.2 Å². The van der Waals surface area contributed by atoms with Crippen molar-refractivity contribution in [2.75, 3.05) is 43.2 Å². The largest absolute Gasteiger partial charge is 0.497 e. The lowest BCUT2D eigenvalue weighted by Crippen LogP contribution is -2.45. The molecule has 1 fully saturated rings. The highest BCUT2D eigenvalue weighted by atomic mass is 16.5. The summed E-state index contributed by atoms with van der Waals surface area (Å²) in [5.41, 5.74) is 4.65. The number of anilines is 2. The molecule has 2 heterocycles. The molecule has 0 radical (unpaired) electrons. The van der Waals surface area contributed by atoms with Crippen LogP contribution < -0.4 is 19.9 Å². The molecule has 10 nitrogen and oxygen atoms in total. The molecule has 1 saturated heterocycles. The van der Waals surface area contributed by atoms with Crippen LogP contribution in [0.5, 0.6) is 5.75 Å². The monoisotopic (exact) mass is 590 g/mol. The molecule has 1 aromatic heterocycles. The van der Waals surface area contributed by atoms with Gasteiger partial charge in [-0.15, -0.1) is 5.10 Å². The summed E-state index contributed by atoms with van der Waals surface area (Å²) in [6.45, 7) is 3.14. The van der Waals surface area contributed by atoms with Gasteiger partial charge in [0.2, 0.25) is 11.8 Å². The van der Waals surface area contributed by atoms with Crippen LogP contribution in [0.25, 0.3) is 11.0 Å². The van der Waals surface area contributed by atoms with Crippen LogP contribution in [0, 0.1) is 0 Å². The average Bonchev–Trinajstić information content (AvgIpc) is 3.49. The van der Waals surface area contributed by atoms with Crippen LogP contribution in [0.1, 0.15) is 17.2 Å². The van der Waals surface area contributed by atoms with E-state index in [1.165, 1.54) is 0 Å². The van der Waals surface area contributed by atoms with Crippen molar-refractivity contribution in [1.29, 1.82) is 0 Å². The maximum Gasteiger partial charge on any atom is 0.249 e. The van der Waals surface area contributed by atoms with Crippen molar-refractivity contribution in [2.45, 2.75) is 19.1 Å². The number of amides is 2. The highest BCUT2D eigenvalue weighted by Crippen LogP contribution is 2.31. The van der Waals surface area contributed by atoms with E-state index >= 15 is 0 Å². The van der Waals surface area contributed by atoms with Gasteiger partial charge >= 0.3 is 0 Å². The van der Waals surface area contributed by atoms with Crippen LogP contribution in [0.2, 0.25) is 0 Å². The number of carbonyl (C=O) groups is 2. The van der Waals surface area contributed by atoms with Gasteiger partial charge in [0.15, 0.2) is 0 Å². The zero-order chi connectivity index (χ0) is 30.3. The van der Waals surface area contributed by atoms with Crippen LogP contribution in [-0.4, -0.2) is 60.2 Å². The van der Waals surface area contributed by atoms with Crippen LogP contribution in [0.4, 0.5) is 11.4 Å². The maximum atomic E-state index is 14.3. The molecule has 0 saturated carbocycles. The van der Waals surface area contributed by atoms with Crippen molar-refractivity contribution in [1.82, 2.24) is 20.3 Å². The first-order valence-corrected chi connectivity index (χ1v) is 14.6. The number of fused-ring (bicyclic) bond motifs is 1. The van der Waals surface area contributed by atoms with Gasteiger partial charge in [-0.25, -0.2) is 4.68 Å². The number of para-hydroxylation sites is 1. The predicted molar refractivity (Wildman–Crippen MR) is 169 cm³/mol. The number of rotatable bonds is 10. The number of aromatic nitrogens is 3. The van der Waals surface area contributed by atoms with E-state index in [2.05, 4.69) is 20.5 Å². The SMILES string of the molecule is COc1ccc(N(C(=O)Cn2nnc3ccccc32)[C@@H](C(=O)NCc2ccccc2)c2ccc(N3CCOCC3)cc2)cc1. The number of nitrogens with zero attached hydrogens (tertiary/aromatic N) is 5. The second-order valence-electron chi connectivity index (χ2n) is 10.5. The van der Waals surface area contributed by atoms with Crippen LogP contribution in [-0.2, 0) is 27.4 Å². The number of hydrogen-bond donors (Lipinski definition) is 1. The van der Waals surface area contributed by atoms with Crippen molar-refractivity contribution < 1.29 is 19.1 Å². The molecule has 1 N–H and O–H groups in total. The molecule has 6 rings (SSSR count). The molecule has 0 bridgehead atoms. The molecule has 44 heavy (non-hydrogen) atoms. The molecule has 4 aromatic carbocycles. The molecule has 1 atom stereocenters. The number of nitrogens with one attached hydrogen (secondary N) is 1. The van der Waals surface area contributed by atoms with Gasteiger partial charge in [0.1, 0.15) is 23.9 Å². The van der Waals surface area contributed by atoms with Crippen LogP contribution in [0.15, 0.2) is 103 Å². The Bertz CT molecular complexity index is 1700. The number of benzene rings is 4. The average molecular weight is 591 g/mol. The summed E-state index contributed by atoms with van der Waals surface area (Å²) in [5.74, 6) is 0.0203. The molecule has 224 valence electrons. The fourth-order valence-corrected chi connectivity index (χ4v) is 5.41. The van der Waals surface area contributed by atoms with Crippen molar-refractivity contribution in [3.05, 3.63) is 114 Å². The minimum atomic E-state index is -0.965. The minimum Gasteiger partial charge on any atom is -0.497 e. The number of ether oxygens (including phenoxy) is 2. The summed E-state index contributed by atoms with van der Waals surface area (Å²) >= 11 is 0. The lowest BCUT2D eigenvalue weighted by Gasteiger charge is -2.32. The highest BCUT2D eigenvalue weighted by molar-refractivity contribution is 6.01. The Kier molecular flexibility index (Phi) is 8.79. The molecule has 0 aliphatic carbocycles. The zero-order valence-corrected chi connectivity index (χ0v) is 24.5. The molecule has 10 heteroatoms. The van der Waals surface area contributed by atoms with Gasteiger partial charge in [0.25, 0.3) is 0 Å². The lowest BCUT2D eigenvalue weighted by atomic mass is 10.0. The highest BCUT2D eigenvalue weighted by Gasteiger charge is 2.33. The van der Waals surface area contributed by atoms with Crippen molar-refractivity contribution in [3.63, 3.8) is 0 Å². The number of carbonyl (C=O) groups excluding carboxylic acids is 2. The van der Waals surface area contributed by atoms with E-state index in [0.717, 1.165) is 29.9 Å². The second kappa shape index (κ2) is 13.4. The number of hydrogen-bond acceptors (Lipinski definition) is 7. The van der Waals surface area contributed by atoms with Crippen LogP contribution in [0.3, 0.4) is 0 Å². The van der Waals surface area contributed by atoms with E-state index in [1.54, 1.807) is 41.0 Å². The standard InChI is InChI=1S/C34H34N6O4/c1-43-29-17-15-28(16-18-29)40(32(41)24-39-31-10-6-5-9-30(31)36-37-39)33(34(42)35-23-25-7-3-2-4-8-25)26-11-13-27(14-12-26)38-19-21-44-22-20-38/h2-18,33H,19-24H2,1H3,(H,35,42)/t33-/m1/s1. The predicted octanol–water partition coefficient (Wildman–Crippen LogP) is 4.37. The summed E-state index contributed by atoms with van der Waals surface area (Å²) in [7, 11) is 1.59. The Labute approximate surface area is 255 Å². The summed E-state index contributed by atoms with van der Waals surface area (Å²) in [6.07, 6.45) is 0. The van der Waals surface area contributed by atoms with E-state index in [-0.39, 0.29) is 18.4 Å². The van der Waals surface area contributed by atoms with E-state index in [9.17, 15) is 9.59 Å². The minimum absolute atomic E-state index is 0.110. The van der Waals surface area contributed by atoms with Gasteiger partial charge in [0, 0.05) is 31.0 Å². The molecule has 5 aromatic rings. The van der Waals surface area contributed by atoms with Gasteiger partial charge in [-0.05, 0) is 59.7 Å². The second-order valence-corrected chi connectivity index (χ2v) is 10.5. The molecule has 1 aliphatic heterocycles. The molecular weight excluding hydrogens is 556 g/mol. The molecule has 2 amide bonds. The van der Waals surface area contributed by atoms with E-state index in [0.29, 0.717) is 42.3 Å². The molecular formula is C34H34N6O4. The molecule has 0 spiro atoms. The first kappa shape index (κ1) is 28.9. The van der Waals surface area contributed by atoms with Gasteiger partial charge in [-0.3, -0.25) is 14.5 Å². The summed E-state index contributed by atoms with van der Waals surface area (Å²) in [6, 6.07) is 31.2. The van der Waals surface area contributed by atoms with Crippen molar-refractivity contribution in [2.24, 2.45) is 0 Å². The Balaban J connectivity index is 1.38. The first-order valence-electron chi connectivity index (χ1n) is 14.6. The quantitative estimate of drug-likeness (QED) is 0.258. The third-order valence-corrected chi connectivity index (χ3v) is 7.73. The number of morpholine rings is 1. The summed E-state index contributed by atoms with van der Waals surface area (Å²) < 4.78 is 12.5.